The highest BCUT2D eigenvalue weighted by atomic mass is 35.5. The van der Waals surface area contributed by atoms with Gasteiger partial charge in [-0.05, 0) is 42.5 Å². The van der Waals surface area contributed by atoms with Gasteiger partial charge in [-0.25, -0.2) is 8.42 Å². The third kappa shape index (κ3) is 5.17. The van der Waals surface area contributed by atoms with E-state index in [-0.39, 0.29) is 17.3 Å². The molecule has 1 aliphatic rings. The van der Waals surface area contributed by atoms with Gasteiger partial charge < -0.3 is 5.32 Å². The summed E-state index contributed by atoms with van der Waals surface area (Å²) in [6.45, 7) is 1.64. The number of halogens is 3. The Kier molecular flexibility index (Phi) is 6.85. The predicted molar refractivity (Wildman–Crippen MR) is 112 cm³/mol. The molecule has 2 aromatic carbocycles. The van der Waals surface area contributed by atoms with Gasteiger partial charge in [0.25, 0.3) is 0 Å². The number of hydrogen-bond donors (Lipinski definition) is 1. The molecule has 150 valence electrons. The SMILES string of the molecule is O=C(CN1CCN(S(=O)(=O)c2ccc(Cl)cc2)CC1)Nc1cc(Cl)ccc1Cl. The predicted octanol–water partition coefficient (Wildman–Crippen LogP) is 3.59. The molecule has 3 rings (SSSR count). The number of benzene rings is 2. The molecule has 1 aliphatic heterocycles. The molecule has 0 bridgehead atoms. The van der Waals surface area contributed by atoms with Crippen LogP contribution in [0.1, 0.15) is 0 Å². The first-order valence-electron chi connectivity index (χ1n) is 8.49. The third-order valence-electron chi connectivity index (χ3n) is 4.35. The van der Waals surface area contributed by atoms with Gasteiger partial charge in [0, 0.05) is 36.2 Å². The highest BCUT2D eigenvalue weighted by Crippen LogP contribution is 2.25. The molecule has 0 saturated carbocycles. The monoisotopic (exact) mass is 461 g/mol. The number of amides is 1. The number of sulfonamides is 1. The lowest BCUT2D eigenvalue weighted by Gasteiger charge is -2.33. The lowest BCUT2D eigenvalue weighted by atomic mass is 10.3. The van der Waals surface area contributed by atoms with Crippen LogP contribution in [0.25, 0.3) is 0 Å². The van der Waals surface area contributed by atoms with E-state index in [4.69, 9.17) is 34.8 Å². The van der Waals surface area contributed by atoms with E-state index in [1.54, 1.807) is 30.3 Å². The first-order chi connectivity index (χ1) is 13.3. The second-order valence-corrected chi connectivity index (χ2v) is 9.52. The molecule has 1 heterocycles. The summed E-state index contributed by atoms with van der Waals surface area (Å²) < 4.78 is 26.8. The zero-order valence-electron chi connectivity index (χ0n) is 14.7. The molecular weight excluding hydrogens is 445 g/mol. The second kappa shape index (κ2) is 8.98. The van der Waals surface area contributed by atoms with Crippen molar-refractivity contribution in [2.75, 3.05) is 38.0 Å². The molecule has 2 aromatic rings. The Morgan fingerprint density at radius 1 is 0.929 bits per heavy atom. The molecule has 1 amide bonds. The lowest BCUT2D eigenvalue weighted by Crippen LogP contribution is -2.50. The van der Waals surface area contributed by atoms with Gasteiger partial charge in [-0.1, -0.05) is 34.8 Å². The van der Waals surface area contributed by atoms with Crippen LogP contribution in [-0.4, -0.2) is 56.3 Å². The lowest BCUT2D eigenvalue weighted by molar-refractivity contribution is -0.117. The summed E-state index contributed by atoms with van der Waals surface area (Å²) in [5, 5.41) is 4.08. The number of carbonyl (C=O) groups excluding carboxylic acids is 1. The van der Waals surface area contributed by atoms with E-state index >= 15 is 0 Å². The van der Waals surface area contributed by atoms with Crippen molar-refractivity contribution in [3.8, 4) is 0 Å². The maximum absolute atomic E-state index is 12.7. The molecule has 10 heteroatoms. The van der Waals surface area contributed by atoms with E-state index in [2.05, 4.69) is 5.32 Å². The van der Waals surface area contributed by atoms with Crippen LogP contribution in [0.3, 0.4) is 0 Å². The van der Waals surface area contributed by atoms with E-state index < -0.39 is 10.0 Å². The van der Waals surface area contributed by atoms with E-state index in [0.29, 0.717) is 46.9 Å². The van der Waals surface area contributed by atoms with Crippen molar-refractivity contribution in [2.45, 2.75) is 4.90 Å². The van der Waals surface area contributed by atoms with Crippen molar-refractivity contribution >= 4 is 56.4 Å². The fourth-order valence-electron chi connectivity index (χ4n) is 2.87. The number of carbonyl (C=O) groups is 1. The Hall–Kier alpha value is -1.35. The standard InChI is InChI=1S/C18H18Cl3N3O3S/c19-13-1-4-15(5-2-13)28(26,27)24-9-7-23(8-10-24)12-18(25)22-17-11-14(20)3-6-16(17)21/h1-6,11H,7-10,12H2,(H,22,25). The first kappa shape index (κ1) is 21.4. The maximum Gasteiger partial charge on any atom is 0.243 e. The van der Waals surface area contributed by atoms with Crippen molar-refractivity contribution in [3.05, 3.63) is 57.5 Å². The molecule has 0 radical (unpaired) electrons. The molecule has 0 unspecified atom stereocenters. The molecule has 0 aliphatic carbocycles. The number of rotatable bonds is 5. The summed E-state index contributed by atoms with van der Waals surface area (Å²) in [4.78, 5) is 14.4. The minimum Gasteiger partial charge on any atom is -0.324 e. The van der Waals surface area contributed by atoms with Gasteiger partial charge in [0.15, 0.2) is 0 Å². The molecule has 0 atom stereocenters. The molecule has 1 fully saturated rings. The van der Waals surface area contributed by atoms with Gasteiger partial charge in [0.2, 0.25) is 15.9 Å². The first-order valence-corrected chi connectivity index (χ1v) is 11.1. The van der Waals surface area contributed by atoms with E-state index in [1.807, 2.05) is 4.90 Å². The molecule has 28 heavy (non-hydrogen) atoms. The average Bonchev–Trinajstić information content (AvgIpc) is 2.65. The Labute approximate surface area is 179 Å². The van der Waals surface area contributed by atoms with Crippen LogP contribution in [0, 0.1) is 0 Å². The van der Waals surface area contributed by atoms with Gasteiger partial charge in [-0.2, -0.15) is 4.31 Å². The van der Waals surface area contributed by atoms with Crippen molar-refractivity contribution < 1.29 is 13.2 Å². The quantitative estimate of drug-likeness (QED) is 0.737. The highest BCUT2D eigenvalue weighted by Gasteiger charge is 2.29. The van der Waals surface area contributed by atoms with Crippen molar-refractivity contribution in [1.82, 2.24) is 9.21 Å². The van der Waals surface area contributed by atoms with Crippen LogP contribution in [0.2, 0.25) is 15.1 Å². The van der Waals surface area contributed by atoms with Gasteiger partial charge in [0.1, 0.15) is 0 Å². The molecule has 6 nitrogen and oxygen atoms in total. The number of nitrogens with zero attached hydrogens (tertiary/aromatic N) is 2. The van der Waals surface area contributed by atoms with Crippen LogP contribution >= 0.6 is 34.8 Å². The largest absolute Gasteiger partial charge is 0.324 e. The fraction of sp³-hybridized carbons (Fsp3) is 0.278. The second-order valence-electron chi connectivity index (χ2n) is 6.31. The summed E-state index contributed by atoms with van der Waals surface area (Å²) in [5.74, 6) is -0.238. The van der Waals surface area contributed by atoms with E-state index in [9.17, 15) is 13.2 Å². The van der Waals surface area contributed by atoms with Crippen molar-refractivity contribution in [2.24, 2.45) is 0 Å². The van der Waals surface area contributed by atoms with E-state index in [0.717, 1.165) is 0 Å². The molecule has 0 spiro atoms. The smallest absolute Gasteiger partial charge is 0.243 e. The fourth-order valence-corrected chi connectivity index (χ4v) is 4.75. The van der Waals surface area contributed by atoms with Crippen molar-refractivity contribution in [3.63, 3.8) is 0 Å². The summed E-state index contributed by atoms with van der Waals surface area (Å²) >= 11 is 17.8. The molecular formula is C18H18Cl3N3O3S. The Morgan fingerprint density at radius 3 is 2.18 bits per heavy atom. The minimum atomic E-state index is -3.57. The Morgan fingerprint density at radius 2 is 1.54 bits per heavy atom. The van der Waals surface area contributed by atoms with Crippen LogP contribution in [0.4, 0.5) is 5.69 Å². The number of hydrogen-bond acceptors (Lipinski definition) is 4. The van der Waals surface area contributed by atoms with Gasteiger partial charge in [-0.15, -0.1) is 0 Å². The maximum atomic E-state index is 12.7. The Bertz CT molecular complexity index is 960. The summed E-state index contributed by atoms with van der Waals surface area (Å²) in [7, 11) is -3.57. The topological polar surface area (TPSA) is 69.7 Å². The van der Waals surface area contributed by atoms with Crippen LogP contribution in [0.5, 0.6) is 0 Å². The number of piperazine rings is 1. The van der Waals surface area contributed by atoms with Crippen LogP contribution < -0.4 is 5.32 Å². The van der Waals surface area contributed by atoms with Crippen LogP contribution in [-0.2, 0) is 14.8 Å². The number of nitrogens with one attached hydrogen (secondary N) is 1. The summed E-state index contributed by atoms with van der Waals surface area (Å²) in [5.41, 5.74) is 0.447. The van der Waals surface area contributed by atoms with Gasteiger partial charge in [0.05, 0.1) is 22.2 Å². The van der Waals surface area contributed by atoms with Gasteiger partial charge in [-0.3, -0.25) is 9.69 Å². The molecule has 1 saturated heterocycles. The highest BCUT2D eigenvalue weighted by molar-refractivity contribution is 7.89. The molecule has 1 N–H and O–H groups in total. The third-order valence-corrected chi connectivity index (χ3v) is 7.08. The summed E-state index contributed by atoms with van der Waals surface area (Å²) in [6.07, 6.45) is 0. The van der Waals surface area contributed by atoms with E-state index in [1.165, 1.54) is 16.4 Å². The Balaban J connectivity index is 1.55. The van der Waals surface area contributed by atoms with Crippen molar-refractivity contribution in [1.29, 1.82) is 0 Å². The zero-order valence-corrected chi connectivity index (χ0v) is 17.8. The minimum absolute atomic E-state index is 0.137. The zero-order chi connectivity index (χ0) is 20.3. The van der Waals surface area contributed by atoms with Crippen LogP contribution in [0.15, 0.2) is 47.4 Å². The normalized spacial score (nSPS) is 16.1. The number of anilines is 1. The van der Waals surface area contributed by atoms with Gasteiger partial charge >= 0.3 is 0 Å². The summed E-state index contributed by atoms with van der Waals surface area (Å²) in [6, 6.07) is 10.9. The average molecular weight is 463 g/mol. The molecule has 0 aromatic heterocycles.